The highest BCUT2D eigenvalue weighted by Gasteiger charge is 2.27. The van der Waals surface area contributed by atoms with Gasteiger partial charge in [-0.05, 0) is 19.3 Å². The number of rotatable bonds is 7. The van der Waals surface area contributed by atoms with Crippen LogP contribution in [0.5, 0.6) is 0 Å². The fourth-order valence-corrected chi connectivity index (χ4v) is 2.92. The van der Waals surface area contributed by atoms with Crippen molar-refractivity contribution >= 4 is 5.97 Å². The summed E-state index contributed by atoms with van der Waals surface area (Å²) in [5, 5.41) is 0. The highest BCUT2D eigenvalue weighted by molar-refractivity contribution is 5.74. The third-order valence-corrected chi connectivity index (χ3v) is 4.24. The summed E-state index contributed by atoms with van der Waals surface area (Å²) >= 11 is 0. The topological polar surface area (TPSA) is 64.4 Å². The van der Waals surface area contributed by atoms with Crippen LogP contribution in [-0.4, -0.2) is 53.3 Å². The maximum atomic E-state index is 12.9. The number of hydrogen-bond acceptors (Lipinski definition) is 5. The van der Waals surface area contributed by atoms with Gasteiger partial charge in [-0.15, -0.1) is 0 Å². The predicted octanol–water partition coefficient (Wildman–Crippen LogP) is 1.51. The SMILES string of the molecule is COC(=O)[C@H](CC(C)C)n1cc(CCN2CC(F)C2)nc(C)c1=O. The monoisotopic (exact) mass is 339 g/mol. The summed E-state index contributed by atoms with van der Waals surface area (Å²) in [6, 6.07) is -0.651. The average molecular weight is 339 g/mol. The molecular weight excluding hydrogens is 313 g/mol. The summed E-state index contributed by atoms with van der Waals surface area (Å²) in [6.45, 7) is 7.24. The molecule has 1 saturated heterocycles. The highest BCUT2D eigenvalue weighted by Crippen LogP contribution is 2.18. The van der Waals surface area contributed by atoms with Crippen molar-refractivity contribution in [2.24, 2.45) is 5.92 Å². The highest BCUT2D eigenvalue weighted by atomic mass is 19.1. The van der Waals surface area contributed by atoms with Crippen LogP contribution >= 0.6 is 0 Å². The number of esters is 1. The molecule has 0 N–H and O–H groups in total. The molecule has 0 aliphatic carbocycles. The van der Waals surface area contributed by atoms with Gasteiger partial charge in [-0.25, -0.2) is 9.18 Å². The molecule has 24 heavy (non-hydrogen) atoms. The Hall–Kier alpha value is -1.76. The molecule has 0 radical (unpaired) electrons. The smallest absolute Gasteiger partial charge is 0.328 e. The van der Waals surface area contributed by atoms with Gasteiger partial charge in [-0.2, -0.15) is 0 Å². The van der Waals surface area contributed by atoms with Crippen LogP contribution in [0.1, 0.15) is 37.7 Å². The largest absolute Gasteiger partial charge is 0.467 e. The number of carbonyl (C=O) groups excluding carboxylic acids is 1. The van der Waals surface area contributed by atoms with E-state index < -0.39 is 18.2 Å². The molecule has 0 unspecified atom stereocenters. The van der Waals surface area contributed by atoms with Crippen LogP contribution in [-0.2, 0) is 16.0 Å². The van der Waals surface area contributed by atoms with E-state index in [-0.39, 0.29) is 11.5 Å². The minimum absolute atomic E-state index is 0.237. The number of likely N-dealkylation sites (tertiary alicyclic amines) is 1. The van der Waals surface area contributed by atoms with Crippen LogP contribution in [0.3, 0.4) is 0 Å². The molecule has 1 aliphatic heterocycles. The zero-order valence-corrected chi connectivity index (χ0v) is 14.8. The van der Waals surface area contributed by atoms with E-state index in [0.29, 0.717) is 38.2 Å². The fraction of sp³-hybridized carbons (Fsp3) is 0.706. The Morgan fingerprint density at radius 1 is 1.46 bits per heavy atom. The Labute approximate surface area is 141 Å². The second-order valence-electron chi connectivity index (χ2n) is 6.81. The van der Waals surface area contributed by atoms with E-state index in [9.17, 15) is 14.0 Å². The summed E-state index contributed by atoms with van der Waals surface area (Å²) in [5.41, 5.74) is 0.812. The molecule has 2 heterocycles. The standard InChI is InChI=1S/C17H26FN3O3/c1-11(2)7-15(17(23)24-4)21-10-14(19-12(3)16(21)22)5-6-20-8-13(18)9-20/h10-11,13,15H,5-9H2,1-4H3/t15-/m0/s1. The van der Waals surface area contributed by atoms with Gasteiger partial charge in [0.25, 0.3) is 5.56 Å². The lowest BCUT2D eigenvalue weighted by molar-refractivity contribution is -0.145. The molecule has 1 aromatic rings. The van der Waals surface area contributed by atoms with Gasteiger partial charge in [0, 0.05) is 32.3 Å². The predicted molar refractivity (Wildman–Crippen MR) is 88.8 cm³/mol. The molecule has 1 atom stereocenters. The fourth-order valence-electron chi connectivity index (χ4n) is 2.92. The Balaban J connectivity index is 2.23. The van der Waals surface area contributed by atoms with Crippen molar-refractivity contribution in [2.75, 3.05) is 26.7 Å². The second-order valence-corrected chi connectivity index (χ2v) is 6.81. The van der Waals surface area contributed by atoms with Crippen molar-refractivity contribution in [1.82, 2.24) is 14.5 Å². The Kier molecular flexibility index (Phi) is 6.10. The summed E-state index contributed by atoms with van der Waals surface area (Å²) in [6.07, 6.45) is 2.05. The van der Waals surface area contributed by atoms with E-state index in [0.717, 1.165) is 5.69 Å². The molecule has 1 aromatic heterocycles. The van der Waals surface area contributed by atoms with E-state index in [4.69, 9.17) is 4.74 Å². The molecule has 0 spiro atoms. The Morgan fingerprint density at radius 2 is 2.12 bits per heavy atom. The van der Waals surface area contributed by atoms with Gasteiger partial charge in [0.2, 0.25) is 0 Å². The van der Waals surface area contributed by atoms with Gasteiger partial charge in [0.05, 0.1) is 12.8 Å². The van der Waals surface area contributed by atoms with Gasteiger partial charge in [-0.1, -0.05) is 13.8 Å². The third kappa shape index (κ3) is 4.41. The number of alkyl halides is 1. The molecule has 0 aromatic carbocycles. The van der Waals surface area contributed by atoms with E-state index in [1.165, 1.54) is 11.7 Å². The minimum Gasteiger partial charge on any atom is -0.467 e. The van der Waals surface area contributed by atoms with Gasteiger partial charge < -0.3 is 4.74 Å². The molecule has 134 valence electrons. The molecule has 0 bridgehead atoms. The third-order valence-electron chi connectivity index (χ3n) is 4.24. The van der Waals surface area contributed by atoms with Gasteiger partial charge >= 0.3 is 5.97 Å². The first-order valence-electron chi connectivity index (χ1n) is 8.34. The van der Waals surface area contributed by atoms with E-state index >= 15 is 0 Å². The Morgan fingerprint density at radius 3 is 2.67 bits per heavy atom. The number of aromatic nitrogens is 2. The molecule has 7 heteroatoms. The van der Waals surface area contributed by atoms with Crippen molar-refractivity contribution in [3.63, 3.8) is 0 Å². The summed E-state index contributed by atoms with van der Waals surface area (Å²) in [5.74, 6) is -0.189. The maximum absolute atomic E-state index is 12.9. The Bertz CT molecular complexity index is 638. The van der Waals surface area contributed by atoms with E-state index in [2.05, 4.69) is 4.98 Å². The first-order valence-corrected chi connectivity index (χ1v) is 8.34. The minimum atomic E-state index is -0.733. The van der Waals surface area contributed by atoms with Crippen LogP contribution in [0.25, 0.3) is 0 Å². The van der Waals surface area contributed by atoms with Crippen molar-refractivity contribution in [3.05, 3.63) is 27.9 Å². The maximum Gasteiger partial charge on any atom is 0.328 e. The zero-order valence-electron chi connectivity index (χ0n) is 14.8. The van der Waals surface area contributed by atoms with Gasteiger partial charge in [0.15, 0.2) is 0 Å². The van der Waals surface area contributed by atoms with Crippen LogP contribution in [0.2, 0.25) is 0 Å². The van der Waals surface area contributed by atoms with Crippen molar-refractivity contribution in [1.29, 1.82) is 0 Å². The van der Waals surface area contributed by atoms with Crippen LogP contribution in [0, 0.1) is 12.8 Å². The molecule has 1 fully saturated rings. The van der Waals surface area contributed by atoms with Gasteiger partial charge in [0.1, 0.15) is 17.9 Å². The summed E-state index contributed by atoms with van der Waals surface area (Å²) in [4.78, 5) is 30.9. The summed E-state index contributed by atoms with van der Waals surface area (Å²) < 4.78 is 19.2. The van der Waals surface area contributed by atoms with Crippen molar-refractivity contribution < 1.29 is 13.9 Å². The molecule has 0 saturated carbocycles. The number of methoxy groups -OCH3 is 1. The summed E-state index contributed by atoms with van der Waals surface area (Å²) in [7, 11) is 1.33. The molecular formula is C17H26FN3O3. The zero-order chi connectivity index (χ0) is 17.9. The number of carbonyl (C=O) groups is 1. The van der Waals surface area contributed by atoms with E-state index in [1.54, 1.807) is 13.1 Å². The average Bonchev–Trinajstić information content (AvgIpc) is 2.50. The molecule has 6 nitrogen and oxygen atoms in total. The van der Waals surface area contributed by atoms with Crippen molar-refractivity contribution in [3.8, 4) is 0 Å². The van der Waals surface area contributed by atoms with E-state index in [1.807, 2.05) is 18.7 Å². The number of halogens is 1. The first-order chi connectivity index (χ1) is 11.3. The normalized spacial score (nSPS) is 16.9. The van der Waals surface area contributed by atoms with Crippen LogP contribution < -0.4 is 5.56 Å². The number of nitrogens with zero attached hydrogens (tertiary/aromatic N) is 3. The lowest BCUT2D eigenvalue weighted by atomic mass is 10.0. The second kappa shape index (κ2) is 7.88. The number of ether oxygens (including phenoxy) is 1. The lowest BCUT2D eigenvalue weighted by Crippen LogP contribution is -2.49. The van der Waals surface area contributed by atoms with Crippen molar-refractivity contribution in [2.45, 2.75) is 45.8 Å². The van der Waals surface area contributed by atoms with Crippen LogP contribution in [0.15, 0.2) is 11.0 Å². The number of aryl methyl sites for hydroxylation is 1. The van der Waals surface area contributed by atoms with Gasteiger partial charge in [-0.3, -0.25) is 19.2 Å². The van der Waals surface area contributed by atoms with Crippen LogP contribution in [0.4, 0.5) is 4.39 Å². The number of hydrogen-bond donors (Lipinski definition) is 0. The molecule has 1 aliphatic rings. The first kappa shape index (κ1) is 18.6. The molecule has 2 rings (SSSR count). The molecule has 0 amide bonds. The lowest BCUT2D eigenvalue weighted by Gasteiger charge is -2.34. The quantitative estimate of drug-likeness (QED) is 0.705.